The number of anilines is 2. The van der Waals surface area contributed by atoms with Crippen molar-refractivity contribution in [2.75, 3.05) is 17.2 Å². The van der Waals surface area contributed by atoms with Gasteiger partial charge in [-0.25, -0.2) is 4.39 Å². The van der Waals surface area contributed by atoms with E-state index in [1.807, 2.05) is 45.3 Å². The molecule has 6 heteroatoms. The first kappa shape index (κ1) is 16.3. The first-order valence-corrected chi connectivity index (χ1v) is 8.49. The number of hydrogen-bond acceptors (Lipinski definition) is 4. The first-order chi connectivity index (χ1) is 12.5. The normalized spacial score (nSPS) is 14.8. The molecule has 0 amide bonds. The van der Waals surface area contributed by atoms with Gasteiger partial charge in [0.1, 0.15) is 5.82 Å². The van der Waals surface area contributed by atoms with E-state index in [2.05, 4.69) is 20.7 Å². The van der Waals surface area contributed by atoms with Gasteiger partial charge in [0.15, 0.2) is 5.82 Å². The average Bonchev–Trinajstić information content (AvgIpc) is 3.20. The Morgan fingerprint density at radius 2 is 2.15 bits per heavy atom. The molecular formula is C20H20FN5. The van der Waals surface area contributed by atoms with Crippen LogP contribution in [0.3, 0.4) is 0 Å². The Morgan fingerprint density at radius 1 is 1.31 bits per heavy atom. The number of rotatable bonds is 3. The molecule has 2 N–H and O–H groups in total. The number of halogens is 1. The number of hydrogen-bond donors (Lipinski definition) is 2. The summed E-state index contributed by atoms with van der Waals surface area (Å²) in [6.45, 7) is 4.62. The van der Waals surface area contributed by atoms with Crippen molar-refractivity contribution in [3.63, 3.8) is 0 Å². The fourth-order valence-corrected chi connectivity index (χ4v) is 3.30. The lowest BCUT2D eigenvalue weighted by Crippen LogP contribution is -2.03. The molecule has 3 aromatic rings. The van der Waals surface area contributed by atoms with Crippen LogP contribution in [-0.2, 0) is 7.05 Å². The smallest absolute Gasteiger partial charge is 0.152 e. The van der Waals surface area contributed by atoms with Crippen molar-refractivity contribution in [1.82, 2.24) is 14.8 Å². The quantitative estimate of drug-likeness (QED) is 0.744. The Morgan fingerprint density at radius 3 is 2.88 bits per heavy atom. The second-order valence-corrected chi connectivity index (χ2v) is 6.50. The zero-order valence-corrected chi connectivity index (χ0v) is 15.0. The number of aryl methyl sites for hydroxylation is 2. The van der Waals surface area contributed by atoms with Crippen LogP contribution in [0.2, 0.25) is 0 Å². The van der Waals surface area contributed by atoms with Gasteiger partial charge in [-0.1, -0.05) is 12.1 Å². The predicted octanol–water partition coefficient (Wildman–Crippen LogP) is 4.20. The van der Waals surface area contributed by atoms with E-state index in [1.54, 1.807) is 16.9 Å². The molecule has 0 fully saturated rings. The summed E-state index contributed by atoms with van der Waals surface area (Å²) in [4.78, 5) is 4.46. The molecule has 26 heavy (non-hydrogen) atoms. The van der Waals surface area contributed by atoms with Crippen LogP contribution in [0, 0.1) is 12.7 Å². The monoisotopic (exact) mass is 349 g/mol. The van der Waals surface area contributed by atoms with Crippen LogP contribution >= 0.6 is 0 Å². The lowest BCUT2D eigenvalue weighted by molar-refractivity contribution is 0.629. The van der Waals surface area contributed by atoms with Crippen molar-refractivity contribution in [2.24, 2.45) is 7.05 Å². The summed E-state index contributed by atoms with van der Waals surface area (Å²) in [5.74, 6) is 0.544. The molecule has 5 nitrogen and oxygen atoms in total. The molecule has 1 aliphatic rings. The molecule has 0 bridgehead atoms. The molecule has 3 heterocycles. The largest absolute Gasteiger partial charge is 0.379 e. The summed E-state index contributed by atoms with van der Waals surface area (Å²) in [7, 11) is 1.88. The highest BCUT2D eigenvalue weighted by atomic mass is 19.1. The van der Waals surface area contributed by atoms with Gasteiger partial charge in [-0.3, -0.25) is 9.67 Å². The van der Waals surface area contributed by atoms with Crippen molar-refractivity contribution < 1.29 is 4.39 Å². The SMILES string of the molecule is C/C(Nc1ccn(C)n1)=C1/CNc2cnc(-c3c(C)cccc3F)cc21. The lowest BCUT2D eigenvalue weighted by atomic mass is 10.0. The van der Waals surface area contributed by atoms with Crippen molar-refractivity contribution >= 4 is 17.1 Å². The number of nitrogens with one attached hydrogen (secondary N) is 2. The molecule has 1 aliphatic heterocycles. The van der Waals surface area contributed by atoms with Gasteiger partial charge in [0.2, 0.25) is 0 Å². The highest BCUT2D eigenvalue weighted by Gasteiger charge is 2.21. The highest BCUT2D eigenvalue weighted by Crippen LogP contribution is 2.36. The third kappa shape index (κ3) is 2.83. The zero-order valence-electron chi connectivity index (χ0n) is 15.0. The number of pyridine rings is 1. The number of aromatic nitrogens is 3. The van der Waals surface area contributed by atoms with Crippen LogP contribution in [0.25, 0.3) is 16.8 Å². The summed E-state index contributed by atoms with van der Waals surface area (Å²) in [6, 6.07) is 8.97. The van der Waals surface area contributed by atoms with Crippen molar-refractivity contribution in [2.45, 2.75) is 13.8 Å². The Labute approximate surface area is 151 Å². The lowest BCUT2D eigenvalue weighted by Gasteiger charge is -2.11. The summed E-state index contributed by atoms with van der Waals surface area (Å²) < 4.78 is 16.1. The third-order valence-corrected chi connectivity index (χ3v) is 4.64. The Balaban J connectivity index is 1.75. The van der Waals surface area contributed by atoms with Gasteiger partial charge in [-0.2, -0.15) is 5.10 Å². The Bertz CT molecular complexity index is 999. The maximum absolute atomic E-state index is 14.3. The van der Waals surface area contributed by atoms with Gasteiger partial charge < -0.3 is 10.6 Å². The Hall–Kier alpha value is -3.15. The van der Waals surface area contributed by atoms with E-state index in [4.69, 9.17) is 0 Å². The highest BCUT2D eigenvalue weighted by molar-refractivity contribution is 5.88. The van der Waals surface area contributed by atoms with Gasteiger partial charge in [0, 0.05) is 42.7 Å². The number of benzene rings is 1. The van der Waals surface area contributed by atoms with Crippen LogP contribution in [-0.4, -0.2) is 21.3 Å². The maximum Gasteiger partial charge on any atom is 0.152 e. The molecule has 0 aliphatic carbocycles. The molecule has 0 saturated heterocycles. The molecule has 0 unspecified atom stereocenters. The maximum atomic E-state index is 14.3. The molecule has 2 aromatic heterocycles. The van der Waals surface area contributed by atoms with E-state index >= 15 is 0 Å². The first-order valence-electron chi connectivity index (χ1n) is 8.49. The Kier molecular flexibility index (Phi) is 3.95. The van der Waals surface area contributed by atoms with Gasteiger partial charge in [-0.15, -0.1) is 0 Å². The minimum Gasteiger partial charge on any atom is -0.379 e. The third-order valence-electron chi connectivity index (χ3n) is 4.64. The van der Waals surface area contributed by atoms with E-state index in [0.29, 0.717) is 17.8 Å². The summed E-state index contributed by atoms with van der Waals surface area (Å²) in [5, 5.41) is 11.0. The van der Waals surface area contributed by atoms with Crippen molar-refractivity contribution in [3.05, 3.63) is 65.4 Å². The minimum atomic E-state index is -0.253. The van der Waals surface area contributed by atoms with Crippen LogP contribution in [0.15, 0.2) is 48.4 Å². The van der Waals surface area contributed by atoms with Gasteiger partial charge in [0.05, 0.1) is 17.6 Å². The summed E-state index contributed by atoms with van der Waals surface area (Å²) in [5.41, 5.74) is 6.21. The summed E-state index contributed by atoms with van der Waals surface area (Å²) in [6.07, 6.45) is 3.67. The van der Waals surface area contributed by atoms with Crippen molar-refractivity contribution in [3.8, 4) is 11.3 Å². The van der Waals surface area contributed by atoms with E-state index in [9.17, 15) is 4.39 Å². The zero-order chi connectivity index (χ0) is 18.3. The standard InChI is InChI=1S/C20H20FN5/c1-12-5-4-6-16(21)20(12)17-9-14-15(10-22-18(14)11-23-17)13(2)24-19-7-8-26(3)25-19/h4-9,11,22H,10H2,1-3H3,(H,24,25)/b15-13+. The van der Waals surface area contributed by atoms with E-state index in [0.717, 1.165) is 33.9 Å². The van der Waals surface area contributed by atoms with Crippen LogP contribution < -0.4 is 10.6 Å². The topological polar surface area (TPSA) is 54.8 Å². The molecule has 0 radical (unpaired) electrons. The molecule has 0 spiro atoms. The molecule has 1 aromatic carbocycles. The molecule has 132 valence electrons. The van der Waals surface area contributed by atoms with E-state index in [1.165, 1.54) is 6.07 Å². The van der Waals surface area contributed by atoms with Gasteiger partial charge in [-0.05, 0) is 37.1 Å². The van der Waals surface area contributed by atoms with E-state index in [-0.39, 0.29) is 5.82 Å². The van der Waals surface area contributed by atoms with Crippen molar-refractivity contribution in [1.29, 1.82) is 0 Å². The second kappa shape index (κ2) is 6.29. The molecule has 0 atom stereocenters. The molecule has 4 rings (SSSR count). The number of fused-ring (bicyclic) bond motifs is 1. The van der Waals surface area contributed by atoms with Crippen LogP contribution in [0.4, 0.5) is 15.9 Å². The number of nitrogens with zero attached hydrogens (tertiary/aromatic N) is 3. The molecule has 0 saturated carbocycles. The second-order valence-electron chi connectivity index (χ2n) is 6.50. The average molecular weight is 349 g/mol. The minimum absolute atomic E-state index is 0.253. The fraction of sp³-hybridized carbons (Fsp3) is 0.200. The molecular weight excluding hydrogens is 329 g/mol. The van der Waals surface area contributed by atoms with Gasteiger partial charge in [0.25, 0.3) is 0 Å². The van der Waals surface area contributed by atoms with E-state index < -0.39 is 0 Å². The van der Waals surface area contributed by atoms with Gasteiger partial charge >= 0.3 is 0 Å². The fourth-order valence-electron chi connectivity index (χ4n) is 3.30. The number of allylic oxidation sites excluding steroid dienone is 1. The summed E-state index contributed by atoms with van der Waals surface area (Å²) >= 11 is 0. The predicted molar refractivity (Wildman–Crippen MR) is 102 cm³/mol. The van der Waals surface area contributed by atoms with Crippen LogP contribution in [0.1, 0.15) is 18.1 Å². The van der Waals surface area contributed by atoms with Crippen LogP contribution in [0.5, 0.6) is 0 Å².